The van der Waals surface area contributed by atoms with Gasteiger partial charge in [-0.3, -0.25) is 9.59 Å². The summed E-state index contributed by atoms with van der Waals surface area (Å²) in [6, 6.07) is 16.4. The number of carbonyl (C=O) groups excluding carboxylic acids is 2. The van der Waals surface area contributed by atoms with Crippen molar-refractivity contribution in [3.05, 3.63) is 65.2 Å². The first-order valence-electron chi connectivity index (χ1n) is 8.85. The molecule has 1 saturated heterocycles. The van der Waals surface area contributed by atoms with Crippen LogP contribution in [0.1, 0.15) is 30.1 Å². The molecule has 1 aliphatic rings. The molecular formula is C21H22ClNO3. The van der Waals surface area contributed by atoms with Gasteiger partial charge < -0.3 is 9.64 Å². The number of Topliss-reactive ketones (excluding diaryl/α,β-unsaturated/α-hetero) is 1. The maximum Gasteiger partial charge on any atom is 0.263 e. The van der Waals surface area contributed by atoms with Gasteiger partial charge in [0.05, 0.1) is 0 Å². The summed E-state index contributed by atoms with van der Waals surface area (Å²) in [4.78, 5) is 26.9. The number of likely N-dealkylation sites (tertiary alicyclic amines) is 1. The van der Waals surface area contributed by atoms with E-state index in [0.29, 0.717) is 36.7 Å². The topological polar surface area (TPSA) is 46.6 Å². The lowest BCUT2D eigenvalue weighted by Gasteiger charge is -2.33. The van der Waals surface area contributed by atoms with Gasteiger partial charge in [-0.25, -0.2) is 0 Å². The van der Waals surface area contributed by atoms with E-state index >= 15 is 0 Å². The number of carbonyl (C=O) groups is 2. The minimum atomic E-state index is -0.588. The van der Waals surface area contributed by atoms with Crippen molar-refractivity contribution in [1.29, 1.82) is 0 Å². The number of piperidine rings is 1. The highest BCUT2D eigenvalue weighted by Crippen LogP contribution is 2.23. The second-order valence-electron chi connectivity index (χ2n) is 6.55. The summed E-state index contributed by atoms with van der Waals surface area (Å²) in [7, 11) is 0. The maximum absolute atomic E-state index is 12.6. The summed E-state index contributed by atoms with van der Waals surface area (Å²) < 4.78 is 5.71. The number of rotatable bonds is 5. The zero-order valence-corrected chi connectivity index (χ0v) is 15.5. The largest absolute Gasteiger partial charge is 0.481 e. The Morgan fingerprint density at radius 1 is 1.08 bits per heavy atom. The Balaban J connectivity index is 1.54. The summed E-state index contributed by atoms with van der Waals surface area (Å²) in [5.74, 6) is 0.662. The van der Waals surface area contributed by atoms with E-state index in [1.165, 1.54) is 0 Å². The van der Waals surface area contributed by atoms with E-state index in [2.05, 4.69) is 0 Å². The number of hydrogen-bond acceptors (Lipinski definition) is 3. The molecule has 4 nitrogen and oxygen atoms in total. The van der Waals surface area contributed by atoms with E-state index in [1.807, 2.05) is 30.3 Å². The maximum atomic E-state index is 12.6. The predicted molar refractivity (Wildman–Crippen MR) is 102 cm³/mol. The van der Waals surface area contributed by atoms with Gasteiger partial charge in [-0.15, -0.1) is 0 Å². The molecule has 1 fully saturated rings. The van der Waals surface area contributed by atoms with Gasteiger partial charge >= 0.3 is 0 Å². The predicted octanol–water partition coefficient (Wildman–Crippen LogP) is 4.23. The van der Waals surface area contributed by atoms with Crippen LogP contribution in [0.5, 0.6) is 5.75 Å². The summed E-state index contributed by atoms with van der Waals surface area (Å²) in [6.07, 6.45) is 0.780. The van der Waals surface area contributed by atoms with Crippen LogP contribution in [0.3, 0.4) is 0 Å². The van der Waals surface area contributed by atoms with Gasteiger partial charge in [-0.05, 0) is 38.0 Å². The zero-order valence-electron chi connectivity index (χ0n) is 14.7. The molecule has 0 spiro atoms. The second-order valence-corrected chi connectivity index (χ2v) is 6.98. The Morgan fingerprint density at radius 3 is 2.42 bits per heavy atom. The van der Waals surface area contributed by atoms with Gasteiger partial charge in [0.1, 0.15) is 5.75 Å². The summed E-state index contributed by atoms with van der Waals surface area (Å²) >= 11 is 5.95. The van der Waals surface area contributed by atoms with Crippen LogP contribution in [0.4, 0.5) is 0 Å². The lowest BCUT2D eigenvalue weighted by molar-refractivity contribution is -0.139. The Hall–Kier alpha value is -2.33. The van der Waals surface area contributed by atoms with Gasteiger partial charge in [0, 0.05) is 29.6 Å². The van der Waals surface area contributed by atoms with Crippen molar-refractivity contribution in [1.82, 2.24) is 4.90 Å². The number of ketones is 1. The lowest BCUT2D eigenvalue weighted by Crippen LogP contribution is -2.45. The normalized spacial score (nSPS) is 16.2. The fourth-order valence-corrected chi connectivity index (χ4v) is 3.43. The number of hydrogen-bond donors (Lipinski definition) is 0. The van der Waals surface area contributed by atoms with E-state index in [-0.39, 0.29) is 17.6 Å². The van der Waals surface area contributed by atoms with Crippen molar-refractivity contribution < 1.29 is 14.3 Å². The SMILES string of the molecule is CC(Oc1cccc(Cl)c1)C(=O)N1CCC(C(=O)c2ccccc2)CC1. The number of ether oxygens (including phenoxy) is 1. The van der Waals surface area contributed by atoms with Gasteiger partial charge in [0.15, 0.2) is 11.9 Å². The van der Waals surface area contributed by atoms with Crippen LogP contribution in [-0.4, -0.2) is 35.8 Å². The van der Waals surface area contributed by atoms with Crippen LogP contribution in [0.25, 0.3) is 0 Å². The molecule has 3 rings (SSSR count). The van der Waals surface area contributed by atoms with Crippen LogP contribution >= 0.6 is 11.6 Å². The van der Waals surface area contributed by atoms with Crippen LogP contribution in [0.15, 0.2) is 54.6 Å². The van der Waals surface area contributed by atoms with Crippen LogP contribution in [0.2, 0.25) is 5.02 Å². The van der Waals surface area contributed by atoms with Crippen molar-refractivity contribution in [3.63, 3.8) is 0 Å². The fourth-order valence-electron chi connectivity index (χ4n) is 3.25. The minimum absolute atomic E-state index is 0.0226. The quantitative estimate of drug-likeness (QED) is 0.739. The first-order chi connectivity index (χ1) is 12.5. The van der Waals surface area contributed by atoms with Crippen molar-refractivity contribution >= 4 is 23.3 Å². The van der Waals surface area contributed by atoms with Crippen molar-refractivity contribution in [2.75, 3.05) is 13.1 Å². The molecule has 1 unspecified atom stereocenters. The highest BCUT2D eigenvalue weighted by atomic mass is 35.5. The van der Waals surface area contributed by atoms with E-state index in [0.717, 1.165) is 5.56 Å². The molecule has 136 valence electrons. The Morgan fingerprint density at radius 2 is 1.77 bits per heavy atom. The molecule has 2 aromatic carbocycles. The highest BCUT2D eigenvalue weighted by Gasteiger charge is 2.30. The molecule has 0 N–H and O–H groups in total. The fraction of sp³-hybridized carbons (Fsp3) is 0.333. The third-order valence-corrected chi connectivity index (χ3v) is 4.93. The molecule has 2 aromatic rings. The molecule has 0 bridgehead atoms. The van der Waals surface area contributed by atoms with Crippen molar-refractivity contribution in [2.45, 2.75) is 25.9 Å². The summed E-state index contributed by atoms with van der Waals surface area (Å²) in [5, 5.41) is 0.572. The molecule has 5 heteroatoms. The second kappa shape index (κ2) is 8.37. The first kappa shape index (κ1) is 18.5. The highest BCUT2D eigenvalue weighted by molar-refractivity contribution is 6.30. The third kappa shape index (κ3) is 4.44. The van der Waals surface area contributed by atoms with E-state index < -0.39 is 6.10 Å². The number of amides is 1. The number of halogens is 1. The molecule has 1 amide bonds. The molecular weight excluding hydrogens is 350 g/mol. The summed E-state index contributed by atoms with van der Waals surface area (Å²) in [5.41, 5.74) is 0.745. The average Bonchev–Trinajstić information content (AvgIpc) is 2.67. The zero-order chi connectivity index (χ0) is 18.5. The molecule has 1 atom stereocenters. The monoisotopic (exact) mass is 371 g/mol. The average molecular weight is 372 g/mol. The molecule has 1 aliphatic heterocycles. The minimum Gasteiger partial charge on any atom is -0.481 e. The van der Waals surface area contributed by atoms with Crippen LogP contribution < -0.4 is 4.74 Å². The van der Waals surface area contributed by atoms with Crippen LogP contribution in [-0.2, 0) is 4.79 Å². The van der Waals surface area contributed by atoms with Gasteiger partial charge in [0.2, 0.25) is 0 Å². The smallest absolute Gasteiger partial charge is 0.263 e. The third-order valence-electron chi connectivity index (χ3n) is 4.69. The molecule has 0 radical (unpaired) electrons. The Labute approximate surface area is 158 Å². The Bertz CT molecular complexity index is 770. The number of benzene rings is 2. The molecule has 26 heavy (non-hydrogen) atoms. The summed E-state index contributed by atoms with van der Waals surface area (Å²) in [6.45, 7) is 2.89. The Kier molecular flexibility index (Phi) is 5.94. The molecule has 0 saturated carbocycles. The van der Waals surface area contributed by atoms with E-state index in [1.54, 1.807) is 36.1 Å². The number of nitrogens with zero attached hydrogens (tertiary/aromatic N) is 1. The molecule has 1 heterocycles. The molecule has 0 aliphatic carbocycles. The van der Waals surface area contributed by atoms with Gasteiger partial charge in [-0.2, -0.15) is 0 Å². The van der Waals surface area contributed by atoms with Gasteiger partial charge in [0.25, 0.3) is 5.91 Å². The van der Waals surface area contributed by atoms with E-state index in [9.17, 15) is 9.59 Å². The first-order valence-corrected chi connectivity index (χ1v) is 9.22. The lowest BCUT2D eigenvalue weighted by atomic mass is 9.89. The van der Waals surface area contributed by atoms with Gasteiger partial charge in [-0.1, -0.05) is 48.0 Å². The standard InChI is InChI=1S/C21H22ClNO3/c1-15(26-19-9-5-8-18(22)14-19)21(25)23-12-10-17(11-13-23)20(24)16-6-3-2-4-7-16/h2-9,14-15,17H,10-13H2,1H3. The van der Waals surface area contributed by atoms with Crippen LogP contribution in [0, 0.1) is 5.92 Å². The van der Waals surface area contributed by atoms with Crippen molar-refractivity contribution in [2.24, 2.45) is 5.92 Å². The van der Waals surface area contributed by atoms with E-state index in [4.69, 9.17) is 16.3 Å². The molecule has 0 aromatic heterocycles. The van der Waals surface area contributed by atoms with Crippen molar-refractivity contribution in [3.8, 4) is 5.75 Å².